The minimum absolute atomic E-state index is 0.0286. The van der Waals surface area contributed by atoms with Crippen molar-refractivity contribution in [3.63, 3.8) is 0 Å². The number of amides is 1. The van der Waals surface area contributed by atoms with Gasteiger partial charge >= 0.3 is 0 Å². The third-order valence-corrected chi connectivity index (χ3v) is 11.5. The van der Waals surface area contributed by atoms with Crippen molar-refractivity contribution in [1.29, 1.82) is 0 Å². The molecule has 3 heterocycles. The van der Waals surface area contributed by atoms with Gasteiger partial charge in [0, 0.05) is 37.8 Å². The molecular weight excluding hydrogens is 563 g/mol. The first-order chi connectivity index (χ1) is 21.4. The van der Waals surface area contributed by atoms with E-state index < -0.39 is 24.2 Å². The summed E-state index contributed by atoms with van der Waals surface area (Å²) in [6, 6.07) is 5.12. The molecule has 3 aliphatic heterocycles. The molecule has 2 saturated heterocycles. The van der Waals surface area contributed by atoms with Crippen molar-refractivity contribution >= 4 is 11.7 Å². The summed E-state index contributed by atoms with van der Waals surface area (Å²) < 4.78 is 33.9. The standard InChI is InChI=1S/C34H47FN4O5/c1-42-27-8-7-19(13-29(27)43-2)9-11-37-34(41)24-18-39-26-14-20-5-3-4-6-21(20)15-28(26)44-33-30(39)23(32(24)40)16-25(35)31(33)38-12-10-22(36)17-38/h7-8,13,18,20-23,25-26,28,30-31,33H,3-6,9-12,14-17,36H2,1-2H3,(H,37,41). The fourth-order valence-corrected chi connectivity index (χ4v) is 9.40. The van der Waals surface area contributed by atoms with Crippen LogP contribution in [-0.2, 0) is 20.7 Å². The number of nitrogens with two attached hydrogens (primary N) is 1. The zero-order chi connectivity index (χ0) is 30.5. The minimum Gasteiger partial charge on any atom is -0.493 e. The van der Waals surface area contributed by atoms with Crippen LogP contribution >= 0.6 is 0 Å². The Morgan fingerprint density at radius 2 is 1.84 bits per heavy atom. The quantitative estimate of drug-likeness (QED) is 0.454. The number of ketones is 1. The Hall–Kier alpha value is -2.69. The maximum Gasteiger partial charge on any atom is 0.256 e. The molecule has 5 fully saturated rings. The van der Waals surface area contributed by atoms with Crippen molar-refractivity contribution in [3.05, 3.63) is 35.5 Å². The summed E-state index contributed by atoms with van der Waals surface area (Å²) in [6.07, 6.45) is 8.63. The monoisotopic (exact) mass is 610 g/mol. The van der Waals surface area contributed by atoms with Crippen LogP contribution in [0.25, 0.3) is 0 Å². The number of alkyl halides is 1. The van der Waals surface area contributed by atoms with Crippen LogP contribution in [0.15, 0.2) is 30.0 Å². The maximum absolute atomic E-state index is 16.2. The van der Waals surface area contributed by atoms with Crippen LogP contribution in [0.5, 0.6) is 11.5 Å². The van der Waals surface area contributed by atoms with Crippen molar-refractivity contribution in [2.24, 2.45) is 23.5 Å². The van der Waals surface area contributed by atoms with Crippen LogP contribution in [0.3, 0.4) is 0 Å². The second kappa shape index (κ2) is 12.2. The molecule has 10 heteroatoms. The first-order valence-electron chi connectivity index (χ1n) is 16.7. The van der Waals surface area contributed by atoms with E-state index in [1.54, 1.807) is 14.2 Å². The number of nitrogens with zero attached hydrogens (tertiary/aromatic N) is 2. The van der Waals surface area contributed by atoms with Gasteiger partial charge < -0.3 is 30.2 Å². The summed E-state index contributed by atoms with van der Waals surface area (Å²) >= 11 is 0. The molecule has 7 rings (SSSR count). The van der Waals surface area contributed by atoms with Gasteiger partial charge in [0.05, 0.1) is 50.1 Å². The summed E-state index contributed by atoms with van der Waals surface area (Å²) in [5.74, 6) is 1.29. The molecule has 6 aliphatic rings. The zero-order valence-corrected chi connectivity index (χ0v) is 26.0. The highest BCUT2D eigenvalue weighted by atomic mass is 19.1. The number of hydrogen-bond acceptors (Lipinski definition) is 8. The molecule has 3 saturated carbocycles. The van der Waals surface area contributed by atoms with E-state index in [4.69, 9.17) is 19.9 Å². The smallest absolute Gasteiger partial charge is 0.256 e. The third kappa shape index (κ3) is 5.30. The molecule has 0 radical (unpaired) electrons. The van der Waals surface area contributed by atoms with E-state index in [-0.39, 0.29) is 47.9 Å². The van der Waals surface area contributed by atoms with Gasteiger partial charge in [-0.1, -0.05) is 31.7 Å². The first-order valence-corrected chi connectivity index (χ1v) is 16.7. The van der Waals surface area contributed by atoms with E-state index in [1.807, 2.05) is 24.4 Å². The molecule has 1 aromatic carbocycles. The number of morpholine rings is 1. The number of Topliss-reactive ketones (excluding diaryl/α,β-unsaturated/α-hetero) is 1. The van der Waals surface area contributed by atoms with Crippen LogP contribution < -0.4 is 20.5 Å². The molecule has 240 valence electrons. The number of nitrogens with one attached hydrogen (secondary N) is 1. The van der Waals surface area contributed by atoms with E-state index in [0.717, 1.165) is 31.4 Å². The van der Waals surface area contributed by atoms with Gasteiger partial charge in [0.1, 0.15) is 6.17 Å². The number of fused-ring (bicyclic) bond motifs is 3. The van der Waals surface area contributed by atoms with E-state index in [1.165, 1.54) is 25.7 Å². The summed E-state index contributed by atoms with van der Waals surface area (Å²) in [5.41, 5.74) is 7.39. The molecule has 0 bridgehead atoms. The van der Waals surface area contributed by atoms with E-state index >= 15 is 4.39 Å². The number of methoxy groups -OCH3 is 2. The highest BCUT2D eigenvalue weighted by Gasteiger charge is 2.60. The number of rotatable bonds is 7. The predicted molar refractivity (Wildman–Crippen MR) is 163 cm³/mol. The molecule has 10 unspecified atom stereocenters. The number of benzene rings is 1. The third-order valence-electron chi connectivity index (χ3n) is 11.5. The minimum atomic E-state index is -1.22. The Morgan fingerprint density at radius 1 is 1.07 bits per heavy atom. The topological polar surface area (TPSA) is 106 Å². The largest absolute Gasteiger partial charge is 0.493 e. The Labute approximate surface area is 259 Å². The molecule has 1 amide bonds. The van der Waals surface area contributed by atoms with Gasteiger partial charge in [-0.25, -0.2) is 4.39 Å². The van der Waals surface area contributed by atoms with Crippen LogP contribution in [0, 0.1) is 17.8 Å². The molecule has 44 heavy (non-hydrogen) atoms. The van der Waals surface area contributed by atoms with Crippen molar-refractivity contribution in [2.75, 3.05) is 33.9 Å². The van der Waals surface area contributed by atoms with Gasteiger partial charge in [-0.3, -0.25) is 14.5 Å². The van der Waals surface area contributed by atoms with E-state index in [2.05, 4.69) is 15.1 Å². The molecule has 9 nitrogen and oxygen atoms in total. The maximum atomic E-state index is 16.2. The van der Waals surface area contributed by atoms with Crippen LogP contribution in [-0.4, -0.2) is 97.9 Å². The summed E-state index contributed by atoms with van der Waals surface area (Å²) in [5, 5.41) is 2.98. The van der Waals surface area contributed by atoms with Crippen molar-refractivity contribution in [3.8, 4) is 11.5 Å². The lowest BCUT2D eigenvalue weighted by molar-refractivity contribution is -0.219. The van der Waals surface area contributed by atoms with E-state index in [9.17, 15) is 9.59 Å². The zero-order valence-electron chi connectivity index (χ0n) is 26.0. The molecule has 0 aromatic heterocycles. The molecule has 0 spiro atoms. The van der Waals surface area contributed by atoms with E-state index in [0.29, 0.717) is 42.8 Å². The second-order valence-electron chi connectivity index (χ2n) is 13.9. The Bertz CT molecular complexity index is 1290. The molecular formula is C34H47FN4O5. The van der Waals surface area contributed by atoms with Gasteiger partial charge in [-0.15, -0.1) is 0 Å². The number of carbonyl (C=O) groups excluding carboxylic acids is 2. The average molecular weight is 611 g/mol. The molecule has 10 atom stereocenters. The fraction of sp³-hybridized carbons (Fsp3) is 0.706. The lowest BCUT2D eigenvalue weighted by Crippen LogP contribution is -2.73. The molecule has 3 aliphatic carbocycles. The average Bonchev–Trinajstić information content (AvgIpc) is 3.46. The number of ether oxygens (including phenoxy) is 3. The predicted octanol–water partition coefficient (Wildman–Crippen LogP) is 3.00. The number of hydrogen-bond donors (Lipinski definition) is 2. The Morgan fingerprint density at radius 3 is 2.57 bits per heavy atom. The summed E-state index contributed by atoms with van der Waals surface area (Å²) in [4.78, 5) is 32.1. The summed E-state index contributed by atoms with van der Waals surface area (Å²) in [7, 11) is 3.19. The molecule has 1 aromatic rings. The second-order valence-corrected chi connectivity index (χ2v) is 13.9. The normalized spacial score (nSPS) is 38.2. The Kier molecular flexibility index (Phi) is 8.35. The Balaban J connectivity index is 1.14. The van der Waals surface area contributed by atoms with Gasteiger partial charge in [0.25, 0.3) is 5.91 Å². The lowest BCUT2D eigenvalue weighted by atomic mass is 9.64. The first kappa shape index (κ1) is 30.0. The van der Waals surface area contributed by atoms with Crippen LogP contribution in [0.1, 0.15) is 56.9 Å². The van der Waals surface area contributed by atoms with Gasteiger partial charge in [0.2, 0.25) is 0 Å². The SMILES string of the molecule is COc1ccc(CCNC(=O)C2=CN3C4CC5CCCCC5CC4OC4C(N5CCC(N)C5)C(F)CC(C2=O)C43)cc1OC. The highest BCUT2D eigenvalue weighted by molar-refractivity contribution is 6.20. The van der Waals surface area contributed by atoms with Crippen LogP contribution in [0.2, 0.25) is 0 Å². The fourth-order valence-electron chi connectivity index (χ4n) is 9.40. The summed E-state index contributed by atoms with van der Waals surface area (Å²) in [6.45, 7) is 1.76. The van der Waals surface area contributed by atoms with Crippen molar-refractivity contribution < 1.29 is 28.2 Å². The highest BCUT2D eigenvalue weighted by Crippen LogP contribution is 2.51. The number of carbonyl (C=O) groups is 2. The van der Waals surface area contributed by atoms with Gasteiger partial charge in [-0.2, -0.15) is 0 Å². The van der Waals surface area contributed by atoms with Crippen LogP contribution in [0.4, 0.5) is 4.39 Å². The lowest BCUT2D eigenvalue weighted by Gasteiger charge is -2.61. The van der Waals surface area contributed by atoms with Gasteiger partial charge in [-0.05, 0) is 61.6 Å². The molecule has 3 N–H and O–H groups in total. The van der Waals surface area contributed by atoms with Crippen molar-refractivity contribution in [1.82, 2.24) is 15.1 Å². The van der Waals surface area contributed by atoms with Crippen molar-refractivity contribution in [2.45, 2.75) is 100 Å². The number of halogens is 1. The van der Waals surface area contributed by atoms with Gasteiger partial charge in [0.15, 0.2) is 17.3 Å². The number of likely N-dealkylation sites (tertiary alicyclic amines) is 1.